The van der Waals surface area contributed by atoms with E-state index in [9.17, 15) is 4.79 Å². The maximum absolute atomic E-state index is 12.7. The third-order valence-corrected chi connectivity index (χ3v) is 5.20. The molecular formula is C13H14Cl2N4OS. The number of nitrogens with one attached hydrogen (secondary N) is 2. The fourth-order valence-corrected chi connectivity index (χ4v) is 3.80. The molecule has 2 heterocycles. The number of carbonyl (C=O) groups is 1. The van der Waals surface area contributed by atoms with Crippen molar-refractivity contribution in [2.24, 2.45) is 5.41 Å². The molecule has 1 aliphatic rings. The first-order chi connectivity index (χ1) is 10.1. The normalized spacial score (nSPS) is 21.9. The number of nitrogens with zero attached hydrogens (tertiary/aromatic N) is 2. The Hall–Kier alpha value is -0.950. The van der Waals surface area contributed by atoms with Gasteiger partial charge in [-0.1, -0.05) is 30.1 Å². The maximum Gasteiger partial charge on any atom is 0.232 e. The van der Waals surface area contributed by atoms with E-state index in [2.05, 4.69) is 19.4 Å². The lowest BCUT2D eigenvalue weighted by atomic mass is 9.83. The fraction of sp³-hybridized carbons (Fsp3) is 0.462. The maximum atomic E-state index is 12.7. The Morgan fingerprint density at radius 3 is 2.86 bits per heavy atom. The molecule has 112 valence electrons. The van der Waals surface area contributed by atoms with E-state index in [0.717, 1.165) is 31.1 Å². The predicted molar refractivity (Wildman–Crippen MR) is 86.3 cm³/mol. The Morgan fingerprint density at radius 1 is 1.43 bits per heavy atom. The Kier molecular flexibility index (Phi) is 4.05. The van der Waals surface area contributed by atoms with Gasteiger partial charge in [-0.25, -0.2) is 0 Å². The molecule has 1 atom stereocenters. The van der Waals surface area contributed by atoms with E-state index in [1.165, 1.54) is 0 Å². The van der Waals surface area contributed by atoms with Gasteiger partial charge in [-0.2, -0.15) is 8.75 Å². The van der Waals surface area contributed by atoms with E-state index < -0.39 is 5.41 Å². The van der Waals surface area contributed by atoms with Gasteiger partial charge in [-0.05, 0) is 25.5 Å². The van der Waals surface area contributed by atoms with Crippen molar-refractivity contribution in [3.05, 3.63) is 16.1 Å². The molecule has 0 aliphatic carbocycles. The molecule has 5 nitrogen and oxygen atoms in total. The molecule has 0 saturated carbocycles. The monoisotopic (exact) mass is 344 g/mol. The molecule has 21 heavy (non-hydrogen) atoms. The number of benzene rings is 1. The SMILES string of the molecule is CCC1(C(=O)Nc2c(Cl)cc(Cl)c3nsnc23)CCNC1. The zero-order valence-electron chi connectivity index (χ0n) is 11.4. The van der Waals surface area contributed by atoms with Crippen molar-refractivity contribution >= 4 is 57.6 Å². The van der Waals surface area contributed by atoms with Crippen molar-refractivity contribution in [3.63, 3.8) is 0 Å². The van der Waals surface area contributed by atoms with Crippen LogP contribution < -0.4 is 10.6 Å². The molecule has 1 aromatic carbocycles. The Bertz CT molecular complexity index is 697. The summed E-state index contributed by atoms with van der Waals surface area (Å²) in [4.78, 5) is 12.7. The molecule has 0 spiro atoms. The third kappa shape index (κ3) is 2.50. The van der Waals surface area contributed by atoms with Crippen LogP contribution >= 0.6 is 34.9 Å². The first kappa shape index (κ1) is 15.0. The number of amides is 1. The average molecular weight is 345 g/mol. The predicted octanol–water partition coefficient (Wildman–Crippen LogP) is 3.33. The summed E-state index contributed by atoms with van der Waals surface area (Å²) in [7, 11) is 0. The molecule has 2 aromatic rings. The summed E-state index contributed by atoms with van der Waals surface area (Å²) in [6.45, 7) is 3.55. The number of rotatable bonds is 3. The number of halogens is 2. The van der Waals surface area contributed by atoms with Crippen LogP contribution in [0.3, 0.4) is 0 Å². The van der Waals surface area contributed by atoms with Crippen LogP contribution in [0.5, 0.6) is 0 Å². The lowest BCUT2D eigenvalue weighted by molar-refractivity contribution is -0.124. The van der Waals surface area contributed by atoms with Crippen LogP contribution in [-0.2, 0) is 4.79 Å². The molecule has 8 heteroatoms. The lowest BCUT2D eigenvalue weighted by Crippen LogP contribution is -2.37. The van der Waals surface area contributed by atoms with Crippen LogP contribution in [0.25, 0.3) is 11.0 Å². The Morgan fingerprint density at radius 2 is 2.19 bits per heavy atom. The van der Waals surface area contributed by atoms with E-state index in [4.69, 9.17) is 23.2 Å². The van der Waals surface area contributed by atoms with Gasteiger partial charge in [0.1, 0.15) is 11.0 Å². The fourth-order valence-electron chi connectivity index (χ4n) is 2.64. The molecule has 0 radical (unpaired) electrons. The van der Waals surface area contributed by atoms with Crippen molar-refractivity contribution in [1.29, 1.82) is 0 Å². The quantitative estimate of drug-likeness (QED) is 0.896. The van der Waals surface area contributed by atoms with Crippen molar-refractivity contribution in [2.45, 2.75) is 19.8 Å². The first-order valence-corrected chi connectivity index (χ1v) is 8.18. The van der Waals surface area contributed by atoms with Gasteiger partial charge >= 0.3 is 0 Å². The summed E-state index contributed by atoms with van der Waals surface area (Å²) in [5, 5.41) is 7.00. The second-order valence-corrected chi connectivity index (χ2v) is 6.53. The molecule has 1 aliphatic heterocycles. The number of fused-ring (bicyclic) bond motifs is 1. The summed E-state index contributed by atoms with van der Waals surface area (Å²) in [6.07, 6.45) is 1.59. The lowest BCUT2D eigenvalue weighted by Gasteiger charge is -2.25. The summed E-state index contributed by atoms with van der Waals surface area (Å²) in [6, 6.07) is 1.59. The summed E-state index contributed by atoms with van der Waals surface area (Å²) in [5.74, 6) is -0.0338. The van der Waals surface area contributed by atoms with E-state index in [1.54, 1.807) is 6.07 Å². The van der Waals surface area contributed by atoms with Gasteiger partial charge in [-0.3, -0.25) is 4.79 Å². The van der Waals surface area contributed by atoms with Crippen LogP contribution in [0.1, 0.15) is 19.8 Å². The summed E-state index contributed by atoms with van der Waals surface area (Å²) < 4.78 is 8.34. The average Bonchev–Trinajstić information content (AvgIpc) is 3.12. The molecule has 1 aromatic heterocycles. The van der Waals surface area contributed by atoms with Gasteiger partial charge < -0.3 is 10.6 Å². The van der Waals surface area contributed by atoms with E-state index in [1.807, 2.05) is 6.92 Å². The number of hydrogen-bond donors (Lipinski definition) is 2. The van der Waals surface area contributed by atoms with Crippen molar-refractivity contribution in [1.82, 2.24) is 14.1 Å². The molecular weight excluding hydrogens is 331 g/mol. The van der Waals surface area contributed by atoms with E-state index >= 15 is 0 Å². The second kappa shape index (κ2) is 5.68. The minimum absolute atomic E-state index is 0.0338. The highest BCUT2D eigenvalue weighted by Gasteiger charge is 2.40. The standard InChI is InChI=1S/C13H14Cl2N4OS/c1-2-13(3-4-16-6-13)12(20)17-9-7(14)5-8(15)10-11(9)19-21-18-10/h5,16H,2-4,6H2,1H3,(H,17,20). The van der Waals surface area contributed by atoms with Gasteiger partial charge in [0.25, 0.3) is 0 Å². The smallest absolute Gasteiger partial charge is 0.232 e. The van der Waals surface area contributed by atoms with Gasteiger partial charge in [-0.15, -0.1) is 0 Å². The topological polar surface area (TPSA) is 66.9 Å². The molecule has 0 bridgehead atoms. The zero-order chi connectivity index (χ0) is 15.0. The Labute approximate surface area is 136 Å². The van der Waals surface area contributed by atoms with Crippen LogP contribution in [0.15, 0.2) is 6.07 Å². The largest absolute Gasteiger partial charge is 0.322 e. The van der Waals surface area contributed by atoms with Crippen molar-refractivity contribution in [3.8, 4) is 0 Å². The first-order valence-electron chi connectivity index (χ1n) is 6.70. The highest BCUT2D eigenvalue weighted by atomic mass is 35.5. The minimum atomic E-state index is -0.390. The second-order valence-electron chi connectivity index (χ2n) is 5.19. The van der Waals surface area contributed by atoms with Crippen LogP contribution in [0.4, 0.5) is 5.69 Å². The number of anilines is 1. The van der Waals surface area contributed by atoms with Crippen LogP contribution in [0.2, 0.25) is 10.0 Å². The zero-order valence-corrected chi connectivity index (χ0v) is 13.7. The number of hydrogen-bond acceptors (Lipinski definition) is 5. The van der Waals surface area contributed by atoms with Gasteiger partial charge in [0.15, 0.2) is 0 Å². The summed E-state index contributed by atoms with van der Waals surface area (Å²) in [5.41, 5.74) is 1.22. The highest BCUT2D eigenvalue weighted by molar-refractivity contribution is 7.00. The van der Waals surface area contributed by atoms with Gasteiger partial charge in [0.05, 0.1) is 32.9 Å². The molecule has 1 unspecified atom stereocenters. The molecule has 2 N–H and O–H groups in total. The third-order valence-electron chi connectivity index (χ3n) is 4.08. The number of carbonyl (C=O) groups excluding carboxylic acids is 1. The number of aromatic nitrogens is 2. The molecule has 3 rings (SSSR count). The molecule has 1 fully saturated rings. The van der Waals surface area contributed by atoms with Crippen molar-refractivity contribution < 1.29 is 4.79 Å². The van der Waals surface area contributed by atoms with Gasteiger partial charge in [0, 0.05) is 6.54 Å². The Balaban J connectivity index is 1.98. The minimum Gasteiger partial charge on any atom is -0.322 e. The van der Waals surface area contributed by atoms with Crippen LogP contribution in [-0.4, -0.2) is 27.7 Å². The summed E-state index contributed by atoms with van der Waals surface area (Å²) >= 11 is 13.4. The highest BCUT2D eigenvalue weighted by Crippen LogP contribution is 2.37. The van der Waals surface area contributed by atoms with E-state index in [-0.39, 0.29) is 5.91 Å². The molecule has 1 amide bonds. The van der Waals surface area contributed by atoms with Crippen molar-refractivity contribution in [2.75, 3.05) is 18.4 Å². The molecule has 1 saturated heterocycles. The van der Waals surface area contributed by atoms with E-state index in [0.29, 0.717) is 33.3 Å². The van der Waals surface area contributed by atoms with Crippen LogP contribution in [0, 0.1) is 5.41 Å². The van der Waals surface area contributed by atoms with Gasteiger partial charge in [0.2, 0.25) is 5.91 Å².